The van der Waals surface area contributed by atoms with Crippen LogP contribution in [0.1, 0.15) is 16.2 Å². The van der Waals surface area contributed by atoms with Gasteiger partial charge in [0.15, 0.2) is 16.8 Å². The molecule has 0 aliphatic heterocycles. The van der Waals surface area contributed by atoms with Gasteiger partial charge < -0.3 is 4.74 Å². The Kier molecular flexibility index (Phi) is 6.84. The van der Waals surface area contributed by atoms with Crippen LogP contribution in [0.5, 0.6) is 5.75 Å². The van der Waals surface area contributed by atoms with E-state index in [1.165, 1.54) is 11.8 Å². The quantitative estimate of drug-likeness (QED) is 0.270. The highest BCUT2D eigenvalue weighted by Crippen LogP contribution is 2.21. The molecule has 0 aliphatic rings. The summed E-state index contributed by atoms with van der Waals surface area (Å²) in [6, 6.07) is 16.8. The zero-order valence-electron chi connectivity index (χ0n) is 14.5. The lowest BCUT2D eigenvalue weighted by molar-refractivity contribution is 0.102. The Balaban J connectivity index is 1.66. The molecule has 0 amide bonds. The van der Waals surface area contributed by atoms with Crippen LogP contribution in [0.3, 0.4) is 0 Å². The number of benzene rings is 2. The summed E-state index contributed by atoms with van der Waals surface area (Å²) >= 11 is 4.76. The van der Waals surface area contributed by atoms with E-state index in [2.05, 4.69) is 32.7 Å². The number of rotatable bonds is 9. The molecule has 138 valence electrons. The maximum atomic E-state index is 12.3. The van der Waals surface area contributed by atoms with Gasteiger partial charge in [0, 0.05) is 16.6 Å². The van der Waals surface area contributed by atoms with Gasteiger partial charge in [-0.1, -0.05) is 64.1 Å². The molecule has 7 heteroatoms. The van der Waals surface area contributed by atoms with Crippen molar-refractivity contribution in [3.05, 3.63) is 83.1 Å². The first kappa shape index (κ1) is 19.4. The Hall–Kier alpha value is -2.38. The fourth-order valence-corrected chi connectivity index (χ4v) is 3.49. The van der Waals surface area contributed by atoms with Crippen molar-refractivity contribution >= 4 is 33.5 Å². The fourth-order valence-electron chi connectivity index (χ4n) is 2.36. The summed E-state index contributed by atoms with van der Waals surface area (Å²) in [5.41, 5.74) is 0.693. The SMILES string of the molecule is C=CCn1c(COc2ccc(Br)cc2)nnc1SCC(=O)c1ccccc1. The molecule has 1 heterocycles. The molecule has 0 atom stereocenters. The minimum Gasteiger partial charge on any atom is -0.486 e. The van der Waals surface area contributed by atoms with Crippen molar-refractivity contribution in [1.29, 1.82) is 0 Å². The number of hydrogen-bond acceptors (Lipinski definition) is 5. The van der Waals surface area contributed by atoms with Crippen LogP contribution in [-0.4, -0.2) is 26.3 Å². The number of allylic oxidation sites excluding steroid dienone is 1. The summed E-state index contributed by atoms with van der Waals surface area (Å²) in [4.78, 5) is 12.3. The average Bonchev–Trinajstić information content (AvgIpc) is 3.08. The van der Waals surface area contributed by atoms with Crippen LogP contribution in [0.4, 0.5) is 0 Å². The van der Waals surface area contributed by atoms with Crippen molar-refractivity contribution in [2.75, 3.05) is 5.75 Å². The number of nitrogens with zero attached hydrogens (tertiary/aromatic N) is 3. The predicted molar refractivity (Wildman–Crippen MR) is 110 cm³/mol. The molecule has 1 aromatic heterocycles. The molecule has 0 saturated heterocycles. The average molecular weight is 444 g/mol. The Morgan fingerprint density at radius 3 is 2.59 bits per heavy atom. The Labute approximate surface area is 170 Å². The van der Waals surface area contributed by atoms with Crippen molar-refractivity contribution in [3.63, 3.8) is 0 Å². The van der Waals surface area contributed by atoms with Crippen molar-refractivity contribution < 1.29 is 9.53 Å². The monoisotopic (exact) mass is 443 g/mol. The zero-order chi connectivity index (χ0) is 19.1. The number of thioether (sulfide) groups is 1. The number of hydrogen-bond donors (Lipinski definition) is 0. The number of halogens is 1. The minimum absolute atomic E-state index is 0.0569. The number of ether oxygens (including phenoxy) is 1. The van der Waals surface area contributed by atoms with E-state index in [0.717, 1.165) is 10.2 Å². The largest absolute Gasteiger partial charge is 0.486 e. The highest BCUT2D eigenvalue weighted by Gasteiger charge is 2.14. The summed E-state index contributed by atoms with van der Waals surface area (Å²) in [6.07, 6.45) is 1.77. The van der Waals surface area contributed by atoms with Gasteiger partial charge in [0.05, 0.1) is 5.75 Å². The molecule has 0 aliphatic carbocycles. The number of carbonyl (C=O) groups is 1. The third-order valence-corrected chi connectivity index (χ3v) is 5.21. The topological polar surface area (TPSA) is 57.0 Å². The van der Waals surface area contributed by atoms with E-state index in [1.807, 2.05) is 59.2 Å². The Morgan fingerprint density at radius 1 is 1.15 bits per heavy atom. The van der Waals surface area contributed by atoms with E-state index < -0.39 is 0 Å². The minimum atomic E-state index is 0.0569. The summed E-state index contributed by atoms with van der Waals surface area (Å²) in [5, 5.41) is 9.11. The van der Waals surface area contributed by atoms with Crippen molar-refractivity contribution in [1.82, 2.24) is 14.8 Å². The van der Waals surface area contributed by atoms with E-state index in [4.69, 9.17) is 4.74 Å². The van der Waals surface area contributed by atoms with Crippen LogP contribution in [0.15, 0.2) is 76.9 Å². The lowest BCUT2D eigenvalue weighted by Crippen LogP contribution is -2.08. The van der Waals surface area contributed by atoms with Gasteiger partial charge in [0.25, 0.3) is 0 Å². The molecular weight excluding hydrogens is 426 g/mol. The maximum absolute atomic E-state index is 12.3. The van der Waals surface area contributed by atoms with Crippen molar-refractivity contribution in [2.24, 2.45) is 0 Å². The van der Waals surface area contributed by atoms with Crippen LogP contribution >= 0.6 is 27.7 Å². The second kappa shape index (κ2) is 9.53. The molecule has 0 bridgehead atoms. The predicted octanol–water partition coefficient (Wildman–Crippen LogP) is 4.78. The van der Waals surface area contributed by atoms with Gasteiger partial charge in [-0.05, 0) is 24.3 Å². The molecule has 3 aromatic rings. The second-order valence-electron chi connectivity index (χ2n) is 5.62. The molecule has 5 nitrogen and oxygen atoms in total. The van der Waals surface area contributed by atoms with Gasteiger partial charge in [-0.3, -0.25) is 9.36 Å². The third-order valence-electron chi connectivity index (χ3n) is 3.71. The van der Waals surface area contributed by atoms with Crippen LogP contribution < -0.4 is 4.74 Å². The Morgan fingerprint density at radius 2 is 1.89 bits per heavy atom. The Bertz CT molecular complexity index is 911. The van der Waals surface area contributed by atoms with Gasteiger partial charge in [0.1, 0.15) is 12.4 Å². The van der Waals surface area contributed by atoms with E-state index in [9.17, 15) is 4.79 Å². The molecule has 0 radical (unpaired) electrons. The van der Waals surface area contributed by atoms with E-state index in [1.54, 1.807) is 6.08 Å². The third kappa shape index (κ3) is 5.30. The van der Waals surface area contributed by atoms with Crippen LogP contribution in [0, 0.1) is 0 Å². The maximum Gasteiger partial charge on any atom is 0.192 e. The second-order valence-corrected chi connectivity index (χ2v) is 7.48. The zero-order valence-corrected chi connectivity index (χ0v) is 16.9. The summed E-state index contributed by atoms with van der Waals surface area (Å²) in [5.74, 6) is 1.79. The molecule has 27 heavy (non-hydrogen) atoms. The standard InChI is InChI=1S/C20H18BrN3O2S/c1-2-12-24-19(13-26-17-10-8-16(21)9-11-17)22-23-20(24)27-14-18(25)15-6-4-3-5-7-15/h2-11H,1,12-14H2. The van der Waals surface area contributed by atoms with Crippen LogP contribution in [-0.2, 0) is 13.2 Å². The highest BCUT2D eigenvalue weighted by molar-refractivity contribution is 9.10. The molecule has 0 fully saturated rings. The smallest absolute Gasteiger partial charge is 0.192 e. The number of carbonyl (C=O) groups excluding carboxylic acids is 1. The molecule has 0 spiro atoms. The van der Waals surface area contributed by atoms with Gasteiger partial charge in [0.2, 0.25) is 0 Å². The number of Topliss-reactive ketones (excluding diaryl/α,β-unsaturated/α-hetero) is 1. The summed E-state index contributed by atoms with van der Waals surface area (Å²) in [6.45, 7) is 4.63. The van der Waals surface area contributed by atoms with Gasteiger partial charge in [-0.2, -0.15) is 0 Å². The van der Waals surface area contributed by atoms with Crippen molar-refractivity contribution in [3.8, 4) is 5.75 Å². The first-order valence-electron chi connectivity index (χ1n) is 8.30. The number of aromatic nitrogens is 3. The highest BCUT2D eigenvalue weighted by atomic mass is 79.9. The first-order chi connectivity index (χ1) is 13.2. The van der Waals surface area contributed by atoms with E-state index in [-0.39, 0.29) is 12.4 Å². The van der Waals surface area contributed by atoms with Crippen LogP contribution in [0.25, 0.3) is 0 Å². The van der Waals surface area contributed by atoms with E-state index >= 15 is 0 Å². The molecule has 0 N–H and O–H groups in total. The molecular formula is C20H18BrN3O2S. The van der Waals surface area contributed by atoms with Gasteiger partial charge >= 0.3 is 0 Å². The lowest BCUT2D eigenvalue weighted by atomic mass is 10.2. The molecule has 0 unspecified atom stereocenters. The van der Waals surface area contributed by atoms with Crippen LogP contribution in [0.2, 0.25) is 0 Å². The first-order valence-corrected chi connectivity index (χ1v) is 10.1. The summed E-state index contributed by atoms with van der Waals surface area (Å²) in [7, 11) is 0. The lowest BCUT2D eigenvalue weighted by Gasteiger charge is -2.09. The summed E-state index contributed by atoms with van der Waals surface area (Å²) < 4.78 is 8.69. The van der Waals surface area contributed by atoms with E-state index in [0.29, 0.717) is 28.8 Å². The van der Waals surface area contributed by atoms with Gasteiger partial charge in [-0.25, -0.2) is 0 Å². The number of ketones is 1. The van der Waals surface area contributed by atoms with Crippen molar-refractivity contribution in [2.45, 2.75) is 18.3 Å². The fraction of sp³-hybridized carbons (Fsp3) is 0.150. The van der Waals surface area contributed by atoms with Gasteiger partial charge in [-0.15, -0.1) is 16.8 Å². The molecule has 3 rings (SSSR count). The normalized spacial score (nSPS) is 10.6. The molecule has 2 aromatic carbocycles. The molecule has 0 saturated carbocycles.